The lowest BCUT2D eigenvalue weighted by Crippen LogP contribution is -2.31. The molecule has 0 fully saturated rings. The van der Waals surface area contributed by atoms with Gasteiger partial charge in [0.15, 0.2) is 0 Å². The summed E-state index contributed by atoms with van der Waals surface area (Å²) in [5.41, 5.74) is 0. The Balaban J connectivity index is 2.31. The Labute approximate surface area is 96.9 Å². The van der Waals surface area contributed by atoms with E-state index in [0.717, 1.165) is 18.9 Å². The molecule has 1 heterocycles. The van der Waals surface area contributed by atoms with Crippen LogP contribution in [-0.4, -0.2) is 39.1 Å². The molecule has 0 spiro atoms. The number of aryl methyl sites for hydroxylation is 1. The summed E-state index contributed by atoms with van der Waals surface area (Å²) >= 11 is 0. The van der Waals surface area contributed by atoms with Gasteiger partial charge in [-0.2, -0.15) is 5.10 Å². The molecule has 0 aliphatic heterocycles. The summed E-state index contributed by atoms with van der Waals surface area (Å²) in [7, 11) is 0. The van der Waals surface area contributed by atoms with Gasteiger partial charge < -0.3 is 10.4 Å². The van der Waals surface area contributed by atoms with E-state index in [1.165, 1.54) is 6.33 Å². The van der Waals surface area contributed by atoms with Crippen LogP contribution >= 0.6 is 0 Å². The molecule has 1 unspecified atom stereocenters. The zero-order chi connectivity index (χ0) is 12.0. The molecular formula is C11H22N4O. The summed E-state index contributed by atoms with van der Waals surface area (Å²) in [5, 5.41) is 17.1. The zero-order valence-electron chi connectivity index (χ0n) is 10.3. The minimum Gasteiger partial charge on any atom is -0.391 e. The topological polar surface area (TPSA) is 63.0 Å². The Hall–Kier alpha value is -0.940. The highest BCUT2D eigenvalue weighted by atomic mass is 16.3. The number of aliphatic hydroxyl groups is 1. The van der Waals surface area contributed by atoms with E-state index in [4.69, 9.17) is 0 Å². The highest BCUT2D eigenvalue weighted by molar-refractivity contribution is 4.87. The smallest absolute Gasteiger partial charge is 0.138 e. The van der Waals surface area contributed by atoms with E-state index in [-0.39, 0.29) is 0 Å². The predicted molar refractivity (Wildman–Crippen MR) is 63.1 cm³/mol. The molecule has 16 heavy (non-hydrogen) atoms. The van der Waals surface area contributed by atoms with Crippen LogP contribution in [0.4, 0.5) is 0 Å². The molecule has 1 aromatic heterocycles. The summed E-state index contributed by atoms with van der Waals surface area (Å²) < 4.78 is 1.81. The minimum absolute atomic E-state index is 0.395. The number of hydrogen-bond acceptors (Lipinski definition) is 4. The van der Waals surface area contributed by atoms with Crippen LogP contribution < -0.4 is 5.32 Å². The van der Waals surface area contributed by atoms with Crippen molar-refractivity contribution in [2.45, 2.75) is 39.8 Å². The standard InChI is InChI=1S/C11H22N4O/c1-4-15-11(13-8-14-15)5-10(16)7-12-6-9(2)3/h8-10,12,16H,4-7H2,1-3H3. The zero-order valence-corrected chi connectivity index (χ0v) is 10.3. The maximum atomic E-state index is 9.81. The Morgan fingerprint density at radius 1 is 1.44 bits per heavy atom. The van der Waals surface area contributed by atoms with Gasteiger partial charge >= 0.3 is 0 Å². The third-order valence-electron chi connectivity index (χ3n) is 2.35. The summed E-state index contributed by atoms with van der Waals surface area (Å²) in [5.74, 6) is 1.45. The first-order chi connectivity index (χ1) is 7.63. The van der Waals surface area contributed by atoms with Crippen LogP contribution in [0.3, 0.4) is 0 Å². The van der Waals surface area contributed by atoms with Crippen LogP contribution in [0, 0.1) is 5.92 Å². The number of nitrogens with one attached hydrogen (secondary N) is 1. The first-order valence-electron chi connectivity index (χ1n) is 5.89. The van der Waals surface area contributed by atoms with Crippen molar-refractivity contribution in [3.63, 3.8) is 0 Å². The number of rotatable bonds is 7. The van der Waals surface area contributed by atoms with E-state index in [1.807, 2.05) is 11.6 Å². The summed E-state index contributed by atoms with van der Waals surface area (Å²) in [4.78, 5) is 4.13. The normalized spacial score (nSPS) is 13.3. The molecular weight excluding hydrogens is 204 g/mol. The van der Waals surface area contributed by atoms with Gasteiger partial charge in [0.05, 0.1) is 6.10 Å². The Morgan fingerprint density at radius 3 is 2.81 bits per heavy atom. The predicted octanol–water partition coefficient (Wildman–Crippen LogP) is 0.447. The van der Waals surface area contributed by atoms with E-state index in [0.29, 0.717) is 18.9 Å². The second kappa shape index (κ2) is 6.60. The van der Waals surface area contributed by atoms with E-state index < -0.39 is 6.10 Å². The fourth-order valence-electron chi connectivity index (χ4n) is 1.53. The molecule has 0 bridgehead atoms. The average Bonchev–Trinajstić information content (AvgIpc) is 2.64. The molecule has 0 saturated carbocycles. The molecule has 1 atom stereocenters. The average molecular weight is 226 g/mol. The second-order valence-corrected chi connectivity index (χ2v) is 4.40. The number of aromatic nitrogens is 3. The van der Waals surface area contributed by atoms with Crippen LogP contribution in [0.1, 0.15) is 26.6 Å². The molecule has 5 nitrogen and oxygen atoms in total. The maximum Gasteiger partial charge on any atom is 0.138 e. The SMILES string of the molecule is CCn1ncnc1CC(O)CNCC(C)C. The minimum atomic E-state index is -0.395. The number of nitrogens with zero attached hydrogens (tertiary/aromatic N) is 3. The van der Waals surface area contributed by atoms with E-state index in [2.05, 4.69) is 29.2 Å². The Kier molecular flexibility index (Phi) is 5.42. The van der Waals surface area contributed by atoms with Crippen molar-refractivity contribution in [2.75, 3.05) is 13.1 Å². The molecule has 2 N–H and O–H groups in total. The Morgan fingerprint density at radius 2 is 2.19 bits per heavy atom. The summed E-state index contributed by atoms with van der Waals surface area (Å²) in [6.07, 6.45) is 1.69. The summed E-state index contributed by atoms with van der Waals surface area (Å²) in [6.45, 7) is 8.63. The molecule has 1 aromatic rings. The maximum absolute atomic E-state index is 9.81. The Bertz CT molecular complexity index is 298. The molecule has 0 amide bonds. The number of aliphatic hydroxyl groups excluding tert-OH is 1. The van der Waals surface area contributed by atoms with Crippen LogP contribution in [-0.2, 0) is 13.0 Å². The van der Waals surface area contributed by atoms with Gasteiger partial charge in [0.2, 0.25) is 0 Å². The fourth-order valence-corrected chi connectivity index (χ4v) is 1.53. The molecule has 92 valence electrons. The summed E-state index contributed by atoms with van der Waals surface area (Å²) in [6, 6.07) is 0. The lowest BCUT2D eigenvalue weighted by Gasteiger charge is -2.13. The van der Waals surface area contributed by atoms with Gasteiger partial charge in [-0.15, -0.1) is 0 Å². The quantitative estimate of drug-likeness (QED) is 0.708. The molecule has 1 rings (SSSR count). The first kappa shape index (κ1) is 13.1. The van der Waals surface area contributed by atoms with Crippen molar-refractivity contribution in [1.29, 1.82) is 0 Å². The van der Waals surface area contributed by atoms with E-state index >= 15 is 0 Å². The van der Waals surface area contributed by atoms with Gasteiger partial charge in [0, 0.05) is 19.5 Å². The van der Waals surface area contributed by atoms with Crippen molar-refractivity contribution >= 4 is 0 Å². The number of hydrogen-bond donors (Lipinski definition) is 2. The van der Waals surface area contributed by atoms with Gasteiger partial charge in [0.25, 0.3) is 0 Å². The van der Waals surface area contributed by atoms with Gasteiger partial charge in [-0.25, -0.2) is 4.98 Å². The van der Waals surface area contributed by atoms with Crippen molar-refractivity contribution < 1.29 is 5.11 Å². The van der Waals surface area contributed by atoms with E-state index in [9.17, 15) is 5.11 Å². The van der Waals surface area contributed by atoms with Crippen LogP contribution in [0.2, 0.25) is 0 Å². The van der Waals surface area contributed by atoms with Gasteiger partial charge in [-0.05, 0) is 19.4 Å². The second-order valence-electron chi connectivity index (χ2n) is 4.40. The molecule has 5 heteroatoms. The molecule has 0 aromatic carbocycles. The van der Waals surface area contributed by atoms with Crippen LogP contribution in [0.5, 0.6) is 0 Å². The van der Waals surface area contributed by atoms with Gasteiger partial charge in [-0.1, -0.05) is 13.8 Å². The highest BCUT2D eigenvalue weighted by Gasteiger charge is 2.10. The van der Waals surface area contributed by atoms with Gasteiger partial charge in [-0.3, -0.25) is 4.68 Å². The monoisotopic (exact) mass is 226 g/mol. The van der Waals surface area contributed by atoms with Crippen LogP contribution in [0.25, 0.3) is 0 Å². The van der Waals surface area contributed by atoms with Crippen LogP contribution in [0.15, 0.2) is 6.33 Å². The third-order valence-corrected chi connectivity index (χ3v) is 2.35. The third kappa shape index (κ3) is 4.28. The molecule has 0 saturated heterocycles. The van der Waals surface area contributed by atoms with Crippen molar-refractivity contribution in [1.82, 2.24) is 20.1 Å². The fraction of sp³-hybridized carbons (Fsp3) is 0.818. The van der Waals surface area contributed by atoms with Crippen molar-refractivity contribution in [3.05, 3.63) is 12.2 Å². The lowest BCUT2D eigenvalue weighted by atomic mass is 10.2. The highest BCUT2D eigenvalue weighted by Crippen LogP contribution is 1.99. The largest absolute Gasteiger partial charge is 0.391 e. The van der Waals surface area contributed by atoms with Crippen molar-refractivity contribution in [2.24, 2.45) is 5.92 Å². The van der Waals surface area contributed by atoms with E-state index in [1.54, 1.807) is 0 Å². The van der Waals surface area contributed by atoms with Crippen molar-refractivity contribution in [3.8, 4) is 0 Å². The molecule has 0 aliphatic carbocycles. The molecule has 0 radical (unpaired) electrons. The lowest BCUT2D eigenvalue weighted by molar-refractivity contribution is 0.166. The first-order valence-corrected chi connectivity index (χ1v) is 5.89. The van der Waals surface area contributed by atoms with Gasteiger partial charge in [0.1, 0.15) is 12.2 Å². The molecule has 0 aliphatic rings.